The third kappa shape index (κ3) is 6.95. The minimum absolute atomic E-state index is 0.125. The van der Waals surface area contributed by atoms with E-state index in [1.807, 2.05) is 103 Å². The molecule has 4 rings (SSSR count). The van der Waals surface area contributed by atoms with E-state index in [1.54, 1.807) is 6.21 Å². The molecule has 0 aliphatic carbocycles. The fourth-order valence-electron chi connectivity index (χ4n) is 3.13. The van der Waals surface area contributed by atoms with E-state index in [4.69, 9.17) is 21.1 Å². The van der Waals surface area contributed by atoms with Gasteiger partial charge in [0.2, 0.25) is 0 Å². The van der Waals surface area contributed by atoms with E-state index in [9.17, 15) is 4.79 Å². The van der Waals surface area contributed by atoms with Crippen LogP contribution in [-0.2, 0) is 11.4 Å². The van der Waals surface area contributed by atoms with E-state index in [1.165, 1.54) is 0 Å². The number of carbonyl (C=O) groups excluding carboxylic acids is 1. The SMILES string of the molecule is O=C(COc1ccc(-c2ccccc2)cc1)N/N=C\c1ccc(OCc2ccc(Cl)cc2)cc1. The zero-order valence-electron chi connectivity index (χ0n) is 18.4. The van der Waals surface area contributed by atoms with Crippen molar-refractivity contribution < 1.29 is 14.3 Å². The maximum Gasteiger partial charge on any atom is 0.277 e. The van der Waals surface area contributed by atoms with Gasteiger partial charge in [-0.1, -0.05) is 66.2 Å². The molecular weight excluding hydrogens is 448 g/mol. The summed E-state index contributed by atoms with van der Waals surface area (Å²) in [6.07, 6.45) is 1.57. The monoisotopic (exact) mass is 470 g/mol. The topological polar surface area (TPSA) is 59.9 Å². The van der Waals surface area contributed by atoms with Crippen LogP contribution in [0.25, 0.3) is 11.1 Å². The Labute approximate surface area is 203 Å². The van der Waals surface area contributed by atoms with Crippen molar-refractivity contribution in [2.24, 2.45) is 5.10 Å². The van der Waals surface area contributed by atoms with Gasteiger partial charge in [0.1, 0.15) is 18.1 Å². The summed E-state index contributed by atoms with van der Waals surface area (Å²) in [5, 5.41) is 4.68. The Bertz CT molecular complexity index is 1220. The lowest BCUT2D eigenvalue weighted by Gasteiger charge is -2.07. The molecule has 0 saturated carbocycles. The molecule has 0 fully saturated rings. The highest BCUT2D eigenvalue weighted by Gasteiger charge is 2.03. The van der Waals surface area contributed by atoms with Crippen molar-refractivity contribution in [1.82, 2.24) is 5.43 Å². The molecule has 1 N–H and O–H groups in total. The molecule has 4 aromatic carbocycles. The van der Waals surface area contributed by atoms with Gasteiger partial charge in [-0.3, -0.25) is 4.79 Å². The molecule has 0 aliphatic heterocycles. The number of hydrogen-bond donors (Lipinski definition) is 1. The first-order chi connectivity index (χ1) is 16.7. The molecule has 0 saturated heterocycles. The largest absolute Gasteiger partial charge is 0.489 e. The average Bonchev–Trinajstić information content (AvgIpc) is 2.89. The van der Waals surface area contributed by atoms with Gasteiger partial charge in [-0.25, -0.2) is 5.43 Å². The normalized spacial score (nSPS) is 10.7. The third-order valence-electron chi connectivity index (χ3n) is 4.93. The van der Waals surface area contributed by atoms with Crippen LogP contribution in [0.15, 0.2) is 108 Å². The number of benzene rings is 4. The van der Waals surface area contributed by atoms with Gasteiger partial charge in [0.25, 0.3) is 5.91 Å². The van der Waals surface area contributed by atoms with E-state index in [0.29, 0.717) is 17.4 Å². The van der Waals surface area contributed by atoms with Gasteiger partial charge in [0.05, 0.1) is 6.21 Å². The van der Waals surface area contributed by atoms with Crippen molar-refractivity contribution in [1.29, 1.82) is 0 Å². The maximum absolute atomic E-state index is 12.0. The van der Waals surface area contributed by atoms with Crippen molar-refractivity contribution in [2.75, 3.05) is 6.61 Å². The van der Waals surface area contributed by atoms with Crippen LogP contribution in [-0.4, -0.2) is 18.7 Å². The van der Waals surface area contributed by atoms with Crippen LogP contribution >= 0.6 is 11.6 Å². The molecule has 4 aromatic rings. The Balaban J connectivity index is 1.19. The van der Waals surface area contributed by atoms with Gasteiger partial charge in [-0.15, -0.1) is 0 Å². The minimum atomic E-state index is -0.341. The minimum Gasteiger partial charge on any atom is -0.489 e. The smallest absolute Gasteiger partial charge is 0.277 e. The molecule has 0 spiro atoms. The van der Waals surface area contributed by atoms with E-state index in [-0.39, 0.29) is 12.5 Å². The van der Waals surface area contributed by atoms with E-state index in [0.717, 1.165) is 28.0 Å². The van der Waals surface area contributed by atoms with Crippen molar-refractivity contribution >= 4 is 23.7 Å². The molecule has 0 atom stereocenters. The first-order valence-electron chi connectivity index (χ1n) is 10.7. The summed E-state index contributed by atoms with van der Waals surface area (Å²) >= 11 is 5.89. The second-order valence-corrected chi connectivity index (χ2v) is 7.89. The van der Waals surface area contributed by atoms with Gasteiger partial charge in [0.15, 0.2) is 6.61 Å². The van der Waals surface area contributed by atoms with Gasteiger partial charge < -0.3 is 9.47 Å². The van der Waals surface area contributed by atoms with Crippen molar-refractivity contribution in [3.8, 4) is 22.6 Å². The second kappa shape index (κ2) is 11.7. The average molecular weight is 471 g/mol. The summed E-state index contributed by atoms with van der Waals surface area (Å²) in [7, 11) is 0. The number of hydrogen-bond acceptors (Lipinski definition) is 4. The van der Waals surface area contributed by atoms with Crippen LogP contribution in [0.5, 0.6) is 11.5 Å². The highest BCUT2D eigenvalue weighted by molar-refractivity contribution is 6.30. The summed E-state index contributed by atoms with van der Waals surface area (Å²) in [6.45, 7) is 0.329. The van der Waals surface area contributed by atoms with Gasteiger partial charge in [-0.2, -0.15) is 5.10 Å². The molecule has 0 aromatic heterocycles. The van der Waals surface area contributed by atoms with Crippen LogP contribution in [0.3, 0.4) is 0 Å². The molecule has 0 heterocycles. The molecule has 34 heavy (non-hydrogen) atoms. The molecule has 170 valence electrons. The van der Waals surface area contributed by atoms with Crippen molar-refractivity contribution in [3.63, 3.8) is 0 Å². The molecule has 0 bridgehead atoms. The van der Waals surface area contributed by atoms with Gasteiger partial charge >= 0.3 is 0 Å². The lowest BCUT2D eigenvalue weighted by Crippen LogP contribution is -2.24. The Kier molecular flexibility index (Phi) is 7.93. The van der Waals surface area contributed by atoms with Crippen LogP contribution in [0.4, 0.5) is 0 Å². The Morgan fingerprint density at radius 2 is 1.38 bits per heavy atom. The molecule has 6 heteroatoms. The van der Waals surface area contributed by atoms with E-state index in [2.05, 4.69) is 10.5 Å². The van der Waals surface area contributed by atoms with Crippen LogP contribution in [0.1, 0.15) is 11.1 Å². The lowest BCUT2D eigenvalue weighted by molar-refractivity contribution is -0.123. The summed E-state index contributed by atoms with van der Waals surface area (Å²) in [4.78, 5) is 12.0. The Hall–Kier alpha value is -4.09. The Morgan fingerprint density at radius 3 is 2.09 bits per heavy atom. The first kappa shape index (κ1) is 23.1. The standard InChI is InChI=1S/C28H23ClN2O3/c29-25-12-6-22(7-13-25)19-33-26-14-8-21(9-15-26)18-30-31-28(32)20-34-27-16-10-24(11-17-27)23-4-2-1-3-5-23/h1-18H,19-20H2,(H,31,32)/b30-18-. The molecule has 5 nitrogen and oxygen atoms in total. The second-order valence-electron chi connectivity index (χ2n) is 7.46. The Morgan fingerprint density at radius 1 is 0.765 bits per heavy atom. The zero-order valence-corrected chi connectivity index (χ0v) is 19.1. The number of rotatable bonds is 9. The number of ether oxygens (including phenoxy) is 2. The fraction of sp³-hybridized carbons (Fsp3) is 0.0714. The van der Waals surface area contributed by atoms with Crippen molar-refractivity contribution in [3.05, 3.63) is 119 Å². The van der Waals surface area contributed by atoms with E-state index >= 15 is 0 Å². The molecule has 0 aliphatic rings. The first-order valence-corrected chi connectivity index (χ1v) is 11.1. The number of carbonyl (C=O) groups is 1. The predicted molar refractivity (Wildman–Crippen MR) is 135 cm³/mol. The third-order valence-corrected chi connectivity index (χ3v) is 5.19. The number of nitrogens with zero attached hydrogens (tertiary/aromatic N) is 1. The molecular formula is C28H23ClN2O3. The quantitative estimate of drug-likeness (QED) is 0.237. The fourth-order valence-corrected chi connectivity index (χ4v) is 3.26. The number of amides is 1. The number of halogens is 1. The summed E-state index contributed by atoms with van der Waals surface area (Å²) < 4.78 is 11.3. The lowest BCUT2D eigenvalue weighted by atomic mass is 10.1. The summed E-state index contributed by atoms with van der Waals surface area (Å²) in [5.74, 6) is 1.02. The van der Waals surface area contributed by atoms with Crippen LogP contribution in [0, 0.1) is 0 Å². The highest BCUT2D eigenvalue weighted by Crippen LogP contribution is 2.22. The van der Waals surface area contributed by atoms with Crippen LogP contribution < -0.4 is 14.9 Å². The molecule has 0 unspecified atom stereocenters. The molecule has 0 radical (unpaired) electrons. The maximum atomic E-state index is 12.0. The van der Waals surface area contributed by atoms with Crippen molar-refractivity contribution in [2.45, 2.75) is 6.61 Å². The number of nitrogens with one attached hydrogen (secondary N) is 1. The zero-order chi connectivity index (χ0) is 23.6. The summed E-state index contributed by atoms with van der Waals surface area (Å²) in [6, 6.07) is 32.6. The predicted octanol–water partition coefficient (Wildman–Crippen LogP) is 6.12. The summed E-state index contributed by atoms with van der Waals surface area (Å²) in [5.41, 5.74) is 6.55. The number of hydrazone groups is 1. The van der Waals surface area contributed by atoms with E-state index < -0.39 is 0 Å². The highest BCUT2D eigenvalue weighted by atomic mass is 35.5. The van der Waals surface area contributed by atoms with Gasteiger partial charge in [0, 0.05) is 5.02 Å². The van der Waals surface area contributed by atoms with Gasteiger partial charge in [-0.05, 0) is 70.8 Å². The van der Waals surface area contributed by atoms with Crippen LogP contribution in [0.2, 0.25) is 5.02 Å². The molecule has 1 amide bonds.